The molecule has 7 nitrogen and oxygen atoms in total. The van der Waals surface area contributed by atoms with Crippen LogP contribution in [-0.2, 0) is 19.1 Å². The average Bonchev–Trinajstić information content (AvgIpc) is 3.13. The summed E-state index contributed by atoms with van der Waals surface area (Å²) in [6.45, 7) is 7.26. The van der Waals surface area contributed by atoms with Crippen LogP contribution in [0.3, 0.4) is 0 Å². The van der Waals surface area contributed by atoms with Crippen molar-refractivity contribution in [2.45, 2.75) is 63.9 Å². The Hall–Kier alpha value is -1.44. The van der Waals surface area contributed by atoms with E-state index in [9.17, 15) is 19.8 Å². The van der Waals surface area contributed by atoms with Gasteiger partial charge in [0.15, 0.2) is 5.60 Å². The van der Waals surface area contributed by atoms with Gasteiger partial charge < -0.3 is 19.7 Å². The van der Waals surface area contributed by atoms with Crippen molar-refractivity contribution < 1.29 is 29.3 Å². The topological polar surface area (TPSA) is 96.3 Å². The van der Waals surface area contributed by atoms with E-state index in [1.807, 2.05) is 6.08 Å². The van der Waals surface area contributed by atoms with E-state index >= 15 is 0 Å². The number of cyclic esters (lactones) is 1. The number of carbonyl (C=O) groups is 2. The van der Waals surface area contributed by atoms with Gasteiger partial charge in [-0.2, -0.15) is 0 Å². The van der Waals surface area contributed by atoms with E-state index in [4.69, 9.17) is 9.47 Å². The SMILES string of the molecule is CC[C@@]1(C)C(=O)O[C@@H]2CCN3CC=C(COC(=O)[C@](C)(O)[C@@]1(C)O)[C@@H]23. The Kier molecular flexibility index (Phi) is 4.25. The molecule has 3 heterocycles. The van der Waals surface area contributed by atoms with Crippen molar-refractivity contribution in [2.75, 3.05) is 19.7 Å². The predicted molar refractivity (Wildman–Crippen MR) is 88.5 cm³/mol. The average molecular weight is 353 g/mol. The first-order chi connectivity index (χ1) is 11.6. The molecule has 0 spiro atoms. The molecule has 0 saturated carbocycles. The number of aliphatic hydroxyl groups is 2. The van der Waals surface area contributed by atoms with E-state index in [-0.39, 0.29) is 25.2 Å². The summed E-state index contributed by atoms with van der Waals surface area (Å²) in [4.78, 5) is 27.7. The molecule has 0 bridgehead atoms. The molecule has 7 heteroatoms. The van der Waals surface area contributed by atoms with E-state index < -0.39 is 28.6 Å². The lowest BCUT2D eigenvalue weighted by atomic mass is 9.64. The second-order valence-electron chi connectivity index (χ2n) is 7.86. The van der Waals surface area contributed by atoms with Crippen molar-refractivity contribution in [3.63, 3.8) is 0 Å². The van der Waals surface area contributed by atoms with Gasteiger partial charge in [-0.15, -0.1) is 0 Å². The summed E-state index contributed by atoms with van der Waals surface area (Å²) in [7, 11) is 0. The molecular formula is C18H27NO6. The second-order valence-corrected chi connectivity index (χ2v) is 7.86. The van der Waals surface area contributed by atoms with Crippen LogP contribution >= 0.6 is 0 Å². The molecule has 25 heavy (non-hydrogen) atoms. The summed E-state index contributed by atoms with van der Waals surface area (Å²) < 4.78 is 11.1. The third-order valence-electron chi connectivity index (χ3n) is 6.62. The zero-order valence-electron chi connectivity index (χ0n) is 15.2. The van der Waals surface area contributed by atoms with E-state index in [2.05, 4.69) is 4.90 Å². The maximum Gasteiger partial charge on any atom is 0.341 e. The van der Waals surface area contributed by atoms with E-state index in [1.165, 1.54) is 20.8 Å². The molecule has 2 fully saturated rings. The number of ether oxygens (including phenoxy) is 2. The van der Waals surface area contributed by atoms with Crippen LogP contribution in [0.5, 0.6) is 0 Å². The molecule has 3 aliphatic rings. The van der Waals surface area contributed by atoms with Crippen molar-refractivity contribution >= 4 is 11.9 Å². The molecule has 0 aromatic rings. The van der Waals surface area contributed by atoms with Crippen LogP contribution in [0.25, 0.3) is 0 Å². The Balaban J connectivity index is 2.05. The first-order valence-electron chi connectivity index (χ1n) is 8.82. The molecule has 2 N–H and O–H groups in total. The quantitative estimate of drug-likeness (QED) is 0.520. The minimum absolute atomic E-state index is 0.0170. The fraction of sp³-hybridized carbons (Fsp3) is 0.778. The molecule has 140 valence electrons. The number of rotatable bonds is 1. The second kappa shape index (κ2) is 5.79. The van der Waals surface area contributed by atoms with Gasteiger partial charge in [-0.25, -0.2) is 4.79 Å². The largest absolute Gasteiger partial charge is 0.460 e. The molecular weight excluding hydrogens is 326 g/mol. The molecule has 2 saturated heterocycles. The molecule has 0 amide bonds. The zero-order chi connectivity index (χ0) is 18.6. The lowest BCUT2D eigenvalue weighted by molar-refractivity contribution is -0.224. The summed E-state index contributed by atoms with van der Waals surface area (Å²) in [6, 6.07) is -0.106. The van der Waals surface area contributed by atoms with Gasteiger partial charge in [-0.1, -0.05) is 13.0 Å². The maximum atomic E-state index is 13.0. The van der Waals surface area contributed by atoms with Crippen LogP contribution in [0, 0.1) is 5.41 Å². The smallest absolute Gasteiger partial charge is 0.341 e. The highest BCUT2D eigenvalue weighted by atomic mass is 16.6. The van der Waals surface area contributed by atoms with Crippen LogP contribution < -0.4 is 0 Å². The van der Waals surface area contributed by atoms with Gasteiger partial charge in [-0.3, -0.25) is 9.69 Å². The highest BCUT2D eigenvalue weighted by molar-refractivity contribution is 5.85. The normalized spacial score (nSPS) is 45.3. The third-order valence-corrected chi connectivity index (χ3v) is 6.62. The Bertz CT molecular complexity index is 625. The van der Waals surface area contributed by atoms with Crippen molar-refractivity contribution in [3.8, 4) is 0 Å². The van der Waals surface area contributed by atoms with Gasteiger partial charge in [0.2, 0.25) is 0 Å². The van der Waals surface area contributed by atoms with Gasteiger partial charge in [0, 0.05) is 13.1 Å². The summed E-state index contributed by atoms with van der Waals surface area (Å²) in [5.74, 6) is -1.55. The fourth-order valence-corrected chi connectivity index (χ4v) is 4.11. The molecule has 0 unspecified atom stereocenters. The molecule has 0 aromatic heterocycles. The van der Waals surface area contributed by atoms with Gasteiger partial charge in [0.1, 0.15) is 18.3 Å². The molecule has 3 aliphatic heterocycles. The molecule has 0 aliphatic carbocycles. The number of nitrogens with zero attached hydrogens (tertiary/aromatic N) is 1. The lowest BCUT2D eigenvalue weighted by Gasteiger charge is -2.47. The van der Waals surface area contributed by atoms with Crippen LogP contribution in [0.4, 0.5) is 0 Å². The van der Waals surface area contributed by atoms with Crippen molar-refractivity contribution in [2.24, 2.45) is 5.41 Å². The highest BCUT2D eigenvalue weighted by Crippen LogP contribution is 2.45. The Morgan fingerprint density at radius 1 is 1.24 bits per heavy atom. The van der Waals surface area contributed by atoms with Gasteiger partial charge in [0.05, 0.1) is 11.5 Å². The molecule has 0 aromatic carbocycles. The monoisotopic (exact) mass is 353 g/mol. The molecule has 5 atom stereocenters. The van der Waals surface area contributed by atoms with E-state index in [0.29, 0.717) is 6.42 Å². The first-order valence-corrected chi connectivity index (χ1v) is 8.82. The zero-order valence-corrected chi connectivity index (χ0v) is 15.2. The number of hydrogen-bond acceptors (Lipinski definition) is 7. The summed E-state index contributed by atoms with van der Waals surface area (Å²) in [5, 5.41) is 21.9. The van der Waals surface area contributed by atoms with Gasteiger partial charge >= 0.3 is 11.9 Å². The highest BCUT2D eigenvalue weighted by Gasteiger charge is 2.63. The Labute approximate surface area is 147 Å². The van der Waals surface area contributed by atoms with Crippen LogP contribution in [0.2, 0.25) is 0 Å². The standard InChI is InChI=1S/C18H27NO6/c1-5-16(2)14(20)25-12-7-9-19-8-6-11(13(12)19)10-24-15(21)17(3,22)18(16,4)23/h6,12-13,22-23H,5,7-10H2,1-4H3/t12-,13+,16+,17+,18+/m1/s1. The van der Waals surface area contributed by atoms with Crippen molar-refractivity contribution in [1.29, 1.82) is 0 Å². The minimum atomic E-state index is -2.25. The predicted octanol–water partition coefficient (Wildman–Crippen LogP) is 0.388. The maximum absolute atomic E-state index is 13.0. The molecule has 3 rings (SSSR count). The van der Waals surface area contributed by atoms with Gasteiger partial charge in [-0.05, 0) is 39.2 Å². The molecule has 0 radical (unpaired) electrons. The third kappa shape index (κ3) is 2.44. The van der Waals surface area contributed by atoms with Crippen LogP contribution in [0.1, 0.15) is 40.5 Å². The Morgan fingerprint density at radius 2 is 1.92 bits per heavy atom. The lowest BCUT2D eigenvalue weighted by Crippen LogP contribution is -2.66. The van der Waals surface area contributed by atoms with Crippen LogP contribution in [-0.4, -0.2) is 70.1 Å². The van der Waals surface area contributed by atoms with E-state index in [1.54, 1.807) is 6.92 Å². The Morgan fingerprint density at radius 3 is 2.56 bits per heavy atom. The van der Waals surface area contributed by atoms with Crippen molar-refractivity contribution in [3.05, 3.63) is 11.6 Å². The van der Waals surface area contributed by atoms with E-state index in [0.717, 1.165) is 18.7 Å². The minimum Gasteiger partial charge on any atom is -0.460 e. The number of carbonyl (C=O) groups excluding carboxylic acids is 2. The number of esters is 2. The first kappa shape index (κ1) is 18.4. The van der Waals surface area contributed by atoms with Crippen molar-refractivity contribution in [1.82, 2.24) is 4.90 Å². The van der Waals surface area contributed by atoms with Gasteiger partial charge in [0.25, 0.3) is 0 Å². The number of hydrogen-bond donors (Lipinski definition) is 2. The summed E-state index contributed by atoms with van der Waals surface area (Å²) in [5.41, 5.74) is -4.90. The fourth-order valence-electron chi connectivity index (χ4n) is 4.11. The van der Waals surface area contributed by atoms with Crippen LogP contribution in [0.15, 0.2) is 11.6 Å². The summed E-state index contributed by atoms with van der Waals surface area (Å²) >= 11 is 0. The summed E-state index contributed by atoms with van der Waals surface area (Å²) in [6.07, 6.45) is 2.53.